The molecular formula is C22H20ClNO4S. The number of carbonyl (C=O) groups is 1. The van der Waals surface area contributed by atoms with Gasteiger partial charge in [0.05, 0.1) is 18.4 Å². The highest BCUT2D eigenvalue weighted by atomic mass is 35.5. The molecule has 0 aliphatic carbocycles. The third-order valence-electron chi connectivity index (χ3n) is 4.14. The topological polar surface area (TPSA) is 68.1 Å². The molecule has 2 aromatic carbocycles. The van der Waals surface area contributed by atoms with E-state index in [1.807, 2.05) is 49.4 Å². The van der Waals surface area contributed by atoms with E-state index in [9.17, 15) is 9.90 Å². The largest absolute Gasteiger partial charge is 0.497 e. The maximum atomic E-state index is 11.4. The summed E-state index contributed by atoms with van der Waals surface area (Å²) in [5.41, 5.74) is 3.13. The van der Waals surface area contributed by atoms with Crippen LogP contribution in [0.25, 0.3) is 10.4 Å². The first kappa shape index (κ1) is 20.9. The first-order valence-electron chi connectivity index (χ1n) is 8.97. The van der Waals surface area contributed by atoms with E-state index < -0.39 is 5.97 Å². The number of nitrogens with zero attached hydrogens (tertiary/aromatic N) is 1. The summed E-state index contributed by atoms with van der Waals surface area (Å²) in [6, 6.07) is 16.7. The summed E-state index contributed by atoms with van der Waals surface area (Å²) in [6.07, 6.45) is -0.0843. The van der Waals surface area contributed by atoms with Gasteiger partial charge in [0.25, 0.3) is 0 Å². The number of thiophene rings is 1. The lowest BCUT2D eigenvalue weighted by atomic mass is 10.0. The summed E-state index contributed by atoms with van der Waals surface area (Å²) in [6.45, 7) is 2.29. The van der Waals surface area contributed by atoms with Crippen LogP contribution in [0.3, 0.4) is 0 Å². The van der Waals surface area contributed by atoms with Crippen molar-refractivity contribution in [2.24, 2.45) is 5.16 Å². The van der Waals surface area contributed by atoms with Crippen molar-refractivity contribution in [2.75, 3.05) is 13.7 Å². The second-order valence-corrected chi connectivity index (χ2v) is 7.62. The fourth-order valence-corrected chi connectivity index (χ4v) is 4.12. The van der Waals surface area contributed by atoms with Crippen LogP contribution in [0.15, 0.2) is 59.8 Å². The maximum Gasteiger partial charge on any atom is 0.307 e. The molecule has 5 nitrogen and oxygen atoms in total. The van der Waals surface area contributed by atoms with Gasteiger partial charge >= 0.3 is 5.97 Å². The molecule has 0 aliphatic heterocycles. The normalized spacial score (nSPS) is 11.3. The van der Waals surface area contributed by atoms with Gasteiger partial charge in [-0.2, -0.15) is 0 Å². The lowest BCUT2D eigenvalue weighted by molar-refractivity contribution is -0.136. The lowest BCUT2D eigenvalue weighted by Crippen LogP contribution is -2.03. The molecule has 0 saturated carbocycles. The zero-order chi connectivity index (χ0) is 20.8. The third kappa shape index (κ3) is 5.16. The molecule has 0 unspecified atom stereocenters. The van der Waals surface area contributed by atoms with E-state index in [0.717, 1.165) is 32.2 Å². The summed E-state index contributed by atoms with van der Waals surface area (Å²) in [4.78, 5) is 18.5. The first-order valence-corrected chi connectivity index (χ1v) is 10.2. The van der Waals surface area contributed by atoms with Crippen LogP contribution in [-0.2, 0) is 16.1 Å². The number of carboxylic acids is 1. The molecule has 3 aromatic rings. The predicted molar refractivity (Wildman–Crippen MR) is 116 cm³/mol. The summed E-state index contributed by atoms with van der Waals surface area (Å²) >= 11 is 7.48. The van der Waals surface area contributed by atoms with Crippen LogP contribution < -0.4 is 4.74 Å². The monoisotopic (exact) mass is 429 g/mol. The van der Waals surface area contributed by atoms with Crippen molar-refractivity contribution >= 4 is 34.6 Å². The number of hydrogen-bond acceptors (Lipinski definition) is 5. The molecule has 0 bridgehead atoms. The Bertz CT molecular complexity index is 1010. The highest BCUT2D eigenvalue weighted by Crippen LogP contribution is 2.35. The van der Waals surface area contributed by atoms with Crippen LogP contribution in [0, 0.1) is 0 Å². The standard InChI is InChI=1S/C22H20ClNO4S/c1-3-28-24-21(14-6-10-18(27-2)11-7-14)19-12-16(13-20(25)26)22(29-19)15-4-8-17(23)9-5-15/h4-12H,3,13H2,1-2H3,(H,25,26)/b24-21+. The zero-order valence-corrected chi connectivity index (χ0v) is 17.6. The van der Waals surface area contributed by atoms with Crippen LogP contribution in [-0.4, -0.2) is 30.5 Å². The van der Waals surface area contributed by atoms with Gasteiger partial charge in [-0.15, -0.1) is 11.3 Å². The predicted octanol–water partition coefficient (Wildman–Crippen LogP) is 5.49. The fraction of sp³-hybridized carbons (Fsp3) is 0.182. The average molecular weight is 430 g/mol. The minimum Gasteiger partial charge on any atom is -0.497 e. The van der Waals surface area contributed by atoms with Gasteiger partial charge in [0.2, 0.25) is 0 Å². The average Bonchev–Trinajstić information content (AvgIpc) is 3.12. The Morgan fingerprint density at radius 1 is 1.14 bits per heavy atom. The summed E-state index contributed by atoms with van der Waals surface area (Å²) in [7, 11) is 1.61. The molecule has 150 valence electrons. The Morgan fingerprint density at radius 3 is 2.41 bits per heavy atom. The van der Waals surface area contributed by atoms with Crippen molar-refractivity contribution in [3.8, 4) is 16.2 Å². The smallest absolute Gasteiger partial charge is 0.307 e. The zero-order valence-electron chi connectivity index (χ0n) is 16.0. The summed E-state index contributed by atoms with van der Waals surface area (Å²) in [5, 5.41) is 14.3. The number of benzene rings is 2. The van der Waals surface area contributed by atoms with Gasteiger partial charge in [-0.1, -0.05) is 28.9 Å². The van der Waals surface area contributed by atoms with E-state index in [0.29, 0.717) is 17.3 Å². The van der Waals surface area contributed by atoms with Crippen molar-refractivity contribution in [1.29, 1.82) is 0 Å². The van der Waals surface area contributed by atoms with Crippen LogP contribution in [0.4, 0.5) is 0 Å². The number of ether oxygens (including phenoxy) is 1. The molecule has 0 amide bonds. The molecule has 1 aromatic heterocycles. The second kappa shape index (κ2) is 9.58. The van der Waals surface area contributed by atoms with E-state index in [4.69, 9.17) is 21.2 Å². The van der Waals surface area contributed by atoms with Gasteiger partial charge in [-0.3, -0.25) is 4.79 Å². The first-order chi connectivity index (χ1) is 14.0. The highest BCUT2D eigenvalue weighted by Gasteiger charge is 2.19. The van der Waals surface area contributed by atoms with Gasteiger partial charge in [0.15, 0.2) is 0 Å². The molecule has 1 heterocycles. The molecule has 3 rings (SSSR count). The van der Waals surface area contributed by atoms with E-state index in [2.05, 4.69) is 5.16 Å². The van der Waals surface area contributed by atoms with E-state index in [1.54, 1.807) is 19.2 Å². The molecule has 1 N–H and O–H groups in total. The number of methoxy groups -OCH3 is 1. The third-order valence-corrected chi connectivity index (χ3v) is 5.62. The molecule has 7 heteroatoms. The number of hydrogen-bond donors (Lipinski definition) is 1. The van der Waals surface area contributed by atoms with E-state index in [-0.39, 0.29) is 6.42 Å². The number of aliphatic carboxylic acids is 1. The molecule has 0 aliphatic rings. The molecule has 0 saturated heterocycles. The van der Waals surface area contributed by atoms with Gasteiger partial charge in [0, 0.05) is 15.5 Å². The minimum atomic E-state index is -0.891. The minimum absolute atomic E-state index is 0.0843. The number of oxime groups is 1. The summed E-state index contributed by atoms with van der Waals surface area (Å²) in [5.74, 6) is -0.151. The molecule has 0 atom stereocenters. The van der Waals surface area contributed by atoms with Crippen molar-refractivity contribution in [3.63, 3.8) is 0 Å². The Morgan fingerprint density at radius 2 is 1.83 bits per heavy atom. The van der Waals surface area contributed by atoms with Gasteiger partial charge < -0.3 is 14.7 Å². The van der Waals surface area contributed by atoms with Crippen molar-refractivity contribution in [2.45, 2.75) is 13.3 Å². The number of rotatable bonds is 8. The van der Waals surface area contributed by atoms with E-state index in [1.165, 1.54) is 11.3 Å². The molecule has 29 heavy (non-hydrogen) atoms. The van der Waals surface area contributed by atoms with Crippen molar-refractivity contribution < 1.29 is 19.5 Å². The van der Waals surface area contributed by atoms with Gasteiger partial charge in [-0.05, 0) is 60.5 Å². The number of halogens is 1. The Balaban J connectivity index is 2.09. The van der Waals surface area contributed by atoms with Crippen LogP contribution >= 0.6 is 22.9 Å². The van der Waals surface area contributed by atoms with Crippen LogP contribution in [0.5, 0.6) is 5.75 Å². The molecule has 0 radical (unpaired) electrons. The molecule has 0 spiro atoms. The Kier molecular flexibility index (Phi) is 6.90. The molecule has 0 fully saturated rings. The molecular weight excluding hydrogens is 410 g/mol. The Hall–Kier alpha value is -2.83. The SMILES string of the molecule is CCO/N=C(\c1ccc(OC)cc1)c1cc(CC(=O)O)c(-c2ccc(Cl)cc2)s1. The van der Waals surface area contributed by atoms with Crippen LogP contribution in [0.1, 0.15) is 22.9 Å². The van der Waals surface area contributed by atoms with Crippen LogP contribution in [0.2, 0.25) is 5.02 Å². The number of carboxylic acid groups (broad SMARTS) is 1. The van der Waals surface area contributed by atoms with Gasteiger partial charge in [-0.25, -0.2) is 0 Å². The summed E-state index contributed by atoms with van der Waals surface area (Å²) < 4.78 is 5.23. The van der Waals surface area contributed by atoms with Gasteiger partial charge in [0.1, 0.15) is 18.1 Å². The highest BCUT2D eigenvalue weighted by molar-refractivity contribution is 7.17. The van der Waals surface area contributed by atoms with E-state index >= 15 is 0 Å². The maximum absolute atomic E-state index is 11.4. The Labute approximate surface area is 178 Å². The fourth-order valence-electron chi connectivity index (χ4n) is 2.80. The van der Waals surface area contributed by atoms with Crippen molar-refractivity contribution in [1.82, 2.24) is 0 Å². The lowest BCUT2D eigenvalue weighted by Gasteiger charge is -2.06. The second-order valence-electron chi connectivity index (χ2n) is 6.13. The van der Waals surface area contributed by atoms with Crippen molar-refractivity contribution in [3.05, 3.63) is 75.6 Å². The quantitative estimate of drug-likeness (QED) is 0.379.